The highest BCUT2D eigenvalue weighted by atomic mass is 16.1. The Balaban J connectivity index is 1.85. The maximum atomic E-state index is 11.9. The van der Waals surface area contributed by atoms with Crippen molar-refractivity contribution in [3.8, 4) is 0 Å². The number of nitrogens with one attached hydrogen (secondary N) is 1. The molecule has 17 heavy (non-hydrogen) atoms. The van der Waals surface area contributed by atoms with Crippen molar-refractivity contribution in [1.29, 1.82) is 0 Å². The van der Waals surface area contributed by atoms with E-state index in [1.807, 2.05) is 18.2 Å². The minimum absolute atomic E-state index is 0.212. The zero-order chi connectivity index (χ0) is 12.1. The van der Waals surface area contributed by atoms with Crippen molar-refractivity contribution >= 4 is 5.78 Å². The molecule has 1 saturated carbocycles. The summed E-state index contributed by atoms with van der Waals surface area (Å²) in [4.78, 5) is 11.9. The number of benzene rings is 1. The summed E-state index contributed by atoms with van der Waals surface area (Å²) in [6.07, 6.45) is 4.83. The van der Waals surface area contributed by atoms with Crippen LogP contribution in [0.3, 0.4) is 0 Å². The van der Waals surface area contributed by atoms with Crippen molar-refractivity contribution in [2.45, 2.75) is 32.6 Å². The van der Waals surface area contributed by atoms with Crippen LogP contribution in [0.5, 0.6) is 0 Å². The SMILES string of the molecule is CCCc1cccc(C(=O)CNCC2CC2)c1. The van der Waals surface area contributed by atoms with Crippen LogP contribution in [0.4, 0.5) is 0 Å². The molecule has 1 aromatic carbocycles. The van der Waals surface area contributed by atoms with Crippen molar-refractivity contribution in [2.24, 2.45) is 5.92 Å². The summed E-state index contributed by atoms with van der Waals surface area (Å²) in [5.74, 6) is 1.04. The Bertz CT molecular complexity index is 382. The molecule has 2 heteroatoms. The summed E-state index contributed by atoms with van der Waals surface area (Å²) in [7, 11) is 0. The monoisotopic (exact) mass is 231 g/mol. The first-order valence-electron chi connectivity index (χ1n) is 6.62. The van der Waals surface area contributed by atoms with Crippen LogP contribution in [0.25, 0.3) is 0 Å². The molecule has 0 atom stereocenters. The lowest BCUT2D eigenvalue weighted by Gasteiger charge is -2.05. The van der Waals surface area contributed by atoms with Crippen molar-refractivity contribution in [1.82, 2.24) is 5.32 Å². The summed E-state index contributed by atoms with van der Waals surface area (Å²) in [6.45, 7) is 3.64. The van der Waals surface area contributed by atoms with Gasteiger partial charge in [-0.2, -0.15) is 0 Å². The van der Waals surface area contributed by atoms with Crippen LogP contribution in [0.1, 0.15) is 42.1 Å². The summed E-state index contributed by atoms with van der Waals surface area (Å²) < 4.78 is 0. The molecule has 0 aliphatic heterocycles. The van der Waals surface area contributed by atoms with E-state index in [0.717, 1.165) is 30.9 Å². The van der Waals surface area contributed by atoms with Crippen LogP contribution in [-0.2, 0) is 6.42 Å². The highest BCUT2D eigenvalue weighted by molar-refractivity contribution is 5.97. The van der Waals surface area contributed by atoms with Crippen molar-refractivity contribution in [2.75, 3.05) is 13.1 Å². The van der Waals surface area contributed by atoms with Gasteiger partial charge in [-0.15, -0.1) is 0 Å². The molecule has 0 amide bonds. The minimum atomic E-state index is 0.212. The van der Waals surface area contributed by atoms with Gasteiger partial charge in [-0.3, -0.25) is 4.79 Å². The Morgan fingerprint density at radius 1 is 1.41 bits per heavy atom. The van der Waals surface area contributed by atoms with Gasteiger partial charge in [0.1, 0.15) is 0 Å². The largest absolute Gasteiger partial charge is 0.309 e. The molecule has 2 nitrogen and oxygen atoms in total. The first-order chi connectivity index (χ1) is 8.29. The molecule has 0 spiro atoms. The Morgan fingerprint density at radius 2 is 2.24 bits per heavy atom. The lowest BCUT2D eigenvalue weighted by atomic mass is 10.0. The van der Waals surface area contributed by atoms with Crippen molar-refractivity contribution in [3.63, 3.8) is 0 Å². The van der Waals surface area contributed by atoms with Gasteiger partial charge in [0.05, 0.1) is 6.54 Å². The zero-order valence-electron chi connectivity index (χ0n) is 10.5. The smallest absolute Gasteiger partial charge is 0.176 e. The average molecular weight is 231 g/mol. The molecule has 0 heterocycles. The zero-order valence-corrected chi connectivity index (χ0v) is 10.5. The van der Waals surface area contributed by atoms with E-state index in [9.17, 15) is 4.79 Å². The number of hydrogen-bond acceptors (Lipinski definition) is 2. The van der Waals surface area contributed by atoms with Crippen LogP contribution < -0.4 is 5.32 Å². The van der Waals surface area contributed by atoms with Gasteiger partial charge in [-0.25, -0.2) is 0 Å². The highest BCUT2D eigenvalue weighted by Crippen LogP contribution is 2.27. The molecule has 0 saturated heterocycles. The van der Waals surface area contributed by atoms with Crippen LogP contribution in [0.15, 0.2) is 24.3 Å². The standard InChI is InChI=1S/C15H21NO/c1-2-4-12-5-3-6-14(9-12)15(17)11-16-10-13-7-8-13/h3,5-6,9,13,16H,2,4,7-8,10-11H2,1H3. The van der Waals surface area contributed by atoms with Crippen molar-refractivity contribution < 1.29 is 4.79 Å². The molecule has 0 unspecified atom stereocenters. The minimum Gasteiger partial charge on any atom is -0.309 e. The predicted octanol–water partition coefficient (Wildman–Crippen LogP) is 2.82. The molecule has 1 fully saturated rings. The summed E-state index contributed by atoms with van der Waals surface area (Å²) in [5, 5.41) is 3.25. The van der Waals surface area contributed by atoms with E-state index in [4.69, 9.17) is 0 Å². The molecular weight excluding hydrogens is 210 g/mol. The molecule has 92 valence electrons. The van der Waals surface area contributed by atoms with E-state index < -0.39 is 0 Å². The molecule has 1 aliphatic rings. The first kappa shape index (κ1) is 12.3. The van der Waals surface area contributed by atoms with Gasteiger partial charge in [0.25, 0.3) is 0 Å². The second kappa shape index (κ2) is 5.97. The number of rotatable bonds is 7. The van der Waals surface area contributed by atoms with Crippen LogP contribution >= 0.6 is 0 Å². The van der Waals surface area contributed by atoms with Gasteiger partial charge in [0.15, 0.2) is 5.78 Å². The topological polar surface area (TPSA) is 29.1 Å². The molecule has 0 aromatic heterocycles. The maximum Gasteiger partial charge on any atom is 0.176 e. The van der Waals surface area contributed by atoms with E-state index in [1.165, 1.54) is 18.4 Å². The number of aryl methyl sites for hydroxylation is 1. The lowest BCUT2D eigenvalue weighted by Crippen LogP contribution is -2.25. The van der Waals surface area contributed by atoms with E-state index >= 15 is 0 Å². The Morgan fingerprint density at radius 3 is 2.94 bits per heavy atom. The van der Waals surface area contributed by atoms with Crippen LogP contribution in [-0.4, -0.2) is 18.9 Å². The highest BCUT2D eigenvalue weighted by Gasteiger charge is 2.20. The molecule has 1 aromatic rings. The van der Waals surface area contributed by atoms with Gasteiger partial charge in [-0.05, 0) is 43.4 Å². The number of carbonyl (C=O) groups excluding carboxylic acids is 1. The maximum absolute atomic E-state index is 11.9. The number of ketones is 1. The van der Waals surface area contributed by atoms with E-state index in [-0.39, 0.29) is 5.78 Å². The molecule has 0 radical (unpaired) electrons. The molecule has 0 bridgehead atoms. The predicted molar refractivity (Wildman–Crippen MR) is 70.4 cm³/mol. The Kier molecular flexibility index (Phi) is 4.32. The number of carbonyl (C=O) groups is 1. The summed E-state index contributed by atoms with van der Waals surface area (Å²) in [5.41, 5.74) is 2.11. The third-order valence-electron chi connectivity index (χ3n) is 3.20. The fourth-order valence-electron chi connectivity index (χ4n) is 2.00. The summed E-state index contributed by atoms with van der Waals surface area (Å²) in [6, 6.07) is 8.03. The fraction of sp³-hybridized carbons (Fsp3) is 0.533. The normalized spacial score (nSPS) is 14.9. The van der Waals surface area contributed by atoms with Gasteiger partial charge >= 0.3 is 0 Å². The molecule has 2 rings (SSSR count). The fourth-order valence-corrected chi connectivity index (χ4v) is 2.00. The molecule has 1 N–H and O–H groups in total. The van der Waals surface area contributed by atoms with E-state index in [0.29, 0.717) is 6.54 Å². The summed E-state index contributed by atoms with van der Waals surface area (Å²) >= 11 is 0. The average Bonchev–Trinajstić information content (AvgIpc) is 3.14. The lowest BCUT2D eigenvalue weighted by molar-refractivity contribution is 0.0991. The van der Waals surface area contributed by atoms with Crippen molar-refractivity contribution in [3.05, 3.63) is 35.4 Å². The third-order valence-corrected chi connectivity index (χ3v) is 3.20. The van der Waals surface area contributed by atoms with Gasteiger partial charge in [0, 0.05) is 5.56 Å². The Hall–Kier alpha value is -1.15. The second-order valence-electron chi connectivity index (χ2n) is 4.95. The number of Topliss-reactive ketones (excluding diaryl/α,β-unsaturated/α-hetero) is 1. The van der Waals surface area contributed by atoms with Gasteiger partial charge in [0.2, 0.25) is 0 Å². The Labute approximate surface area is 103 Å². The molecular formula is C15H21NO. The number of hydrogen-bond donors (Lipinski definition) is 1. The quantitative estimate of drug-likeness (QED) is 0.731. The van der Waals surface area contributed by atoms with E-state index in [2.05, 4.69) is 18.3 Å². The van der Waals surface area contributed by atoms with Crippen LogP contribution in [0, 0.1) is 5.92 Å². The van der Waals surface area contributed by atoms with Crippen LogP contribution in [0.2, 0.25) is 0 Å². The molecule has 1 aliphatic carbocycles. The van der Waals surface area contributed by atoms with Gasteiger partial charge in [-0.1, -0.05) is 31.5 Å². The van der Waals surface area contributed by atoms with Gasteiger partial charge < -0.3 is 5.32 Å². The second-order valence-corrected chi connectivity index (χ2v) is 4.95. The third kappa shape index (κ3) is 3.97. The first-order valence-corrected chi connectivity index (χ1v) is 6.62. The van der Waals surface area contributed by atoms with E-state index in [1.54, 1.807) is 0 Å².